The Labute approximate surface area is 107 Å². The van der Waals surface area contributed by atoms with Gasteiger partial charge >= 0.3 is 0 Å². The Balaban J connectivity index is 2.28. The van der Waals surface area contributed by atoms with Crippen molar-refractivity contribution in [1.82, 2.24) is 0 Å². The largest absolute Gasteiger partial charge is 0.319 e. The molecule has 2 nitrogen and oxygen atoms in total. The van der Waals surface area contributed by atoms with Crippen LogP contribution in [0.1, 0.15) is 15.9 Å². The lowest BCUT2D eigenvalue weighted by Gasteiger charge is -2.08. The van der Waals surface area contributed by atoms with Gasteiger partial charge in [0.25, 0.3) is 5.91 Å². The molecule has 0 aliphatic carbocycles. The molecule has 0 spiro atoms. The molecule has 1 amide bonds. The molecule has 0 saturated carbocycles. The van der Waals surface area contributed by atoms with Crippen molar-refractivity contribution in [2.75, 3.05) is 5.32 Å². The van der Waals surface area contributed by atoms with E-state index in [9.17, 15) is 18.0 Å². The third-order valence-corrected chi connectivity index (χ3v) is 2.61. The topological polar surface area (TPSA) is 29.1 Å². The molecular formula is C14H10F3NO. The van der Waals surface area contributed by atoms with Crippen LogP contribution in [0.4, 0.5) is 18.9 Å². The fourth-order valence-electron chi connectivity index (χ4n) is 1.66. The SMILES string of the molecule is Cc1cc(F)ccc1C(=O)Nc1cc(F)ccc1F. The highest BCUT2D eigenvalue weighted by Gasteiger charge is 2.12. The molecule has 2 aromatic rings. The number of hydrogen-bond acceptors (Lipinski definition) is 1. The van der Waals surface area contributed by atoms with Crippen LogP contribution in [0.25, 0.3) is 0 Å². The third kappa shape index (κ3) is 2.93. The highest BCUT2D eigenvalue weighted by molar-refractivity contribution is 6.05. The van der Waals surface area contributed by atoms with Gasteiger partial charge in [0.2, 0.25) is 0 Å². The normalized spacial score (nSPS) is 10.3. The van der Waals surface area contributed by atoms with Crippen LogP contribution in [0.2, 0.25) is 0 Å². The minimum atomic E-state index is -0.741. The predicted molar refractivity (Wildman–Crippen MR) is 65.4 cm³/mol. The molecular weight excluding hydrogens is 255 g/mol. The minimum Gasteiger partial charge on any atom is -0.319 e. The van der Waals surface area contributed by atoms with Gasteiger partial charge in [-0.2, -0.15) is 0 Å². The Morgan fingerprint density at radius 1 is 1.00 bits per heavy atom. The van der Waals surface area contributed by atoms with E-state index in [1.54, 1.807) is 6.92 Å². The molecule has 0 atom stereocenters. The van der Waals surface area contributed by atoms with Crippen molar-refractivity contribution >= 4 is 11.6 Å². The van der Waals surface area contributed by atoms with Gasteiger partial charge in [-0.15, -0.1) is 0 Å². The van der Waals surface area contributed by atoms with Gasteiger partial charge in [-0.3, -0.25) is 4.79 Å². The maximum Gasteiger partial charge on any atom is 0.256 e. The number of benzene rings is 2. The van der Waals surface area contributed by atoms with E-state index in [1.807, 2.05) is 0 Å². The van der Waals surface area contributed by atoms with E-state index in [-0.39, 0.29) is 11.3 Å². The van der Waals surface area contributed by atoms with E-state index in [2.05, 4.69) is 5.32 Å². The molecule has 2 rings (SSSR count). The summed E-state index contributed by atoms with van der Waals surface area (Å²) in [5.41, 5.74) is 0.355. The van der Waals surface area contributed by atoms with Gasteiger partial charge in [-0.25, -0.2) is 13.2 Å². The standard InChI is InChI=1S/C14H10F3NO/c1-8-6-9(15)2-4-11(8)14(19)18-13-7-10(16)3-5-12(13)17/h2-7H,1H3,(H,18,19). The number of hydrogen-bond donors (Lipinski definition) is 1. The van der Waals surface area contributed by atoms with Crippen LogP contribution in [0.5, 0.6) is 0 Å². The average Bonchev–Trinajstić information content (AvgIpc) is 2.33. The lowest BCUT2D eigenvalue weighted by Crippen LogP contribution is -2.14. The van der Waals surface area contributed by atoms with Gasteiger partial charge in [-0.1, -0.05) is 0 Å². The highest BCUT2D eigenvalue weighted by Crippen LogP contribution is 2.18. The number of amides is 1. The Morgan fingerprint density at radius 3 is 2.32 bits per heavy atom. The molecule has 5 heteroatoms. The molecule has 0 aromatic heterocycles. The first-order valence-corrected chi connectivity index (χ1v) is 5.50. The molecule has 0 unspecified atom stereocenters. The number of halogens is 3. The van der Waals surface area contributed by atoms with Crippen molar-refractivity contribution in [1.29, 1.82) is 0 Å². The predicted octanol–water partition coefficient (Wildman–Crippen LogP) is 3.66. The molecule has 19 heavy (non-hydrogen) atoms. The monoisotopic (exact) mass is 265 g/mol. The second-order valence-electron chi connectivity index (χ2n) is 4.04. The van der Waals surface area contributed by atoms with Gasteiger partial charge in [0, 0.05) is 11.6 Å². The van der Waals surface area contributed by atoms with E-state index < -0.39 is 23.4 Å². The second-order valence-corrected chi connectivity index (χ2v) is 4.04. The molecule has 0 fully saturated rings. The molecule has 0 aliphatic heterocycles. The second kappa shape index (κ2) is 5.14. The molecule has 2 aromatic carbocycles. The van der Waals surface area contributed by atoms with Crippen LogP contribution in [-0.2, 0) is 0 Å². The summed E-state index contributed by atoms with van der Waals surface area (Å²) >= 11 is 0. The van der Waals surface area contributed by atoms with Crippen LogP contribution in [-0.4, -0.2) is 5.91 Å². The van der Waals surface area contributed by atoms with Crippen molar-refractivity contribution in [3.8, 4) is 0 Å². The van der Waals surface area contributed by atoms with Crippen molar-refractivity contribution in [2.24, 2.45) is 0 Å². The van der Waals surface area contributed by atoms with Crippen molar-refractivity contribution in [3.05, 3.63) is 65.0 Å². The average molecular weight is 265 g/mol. The van der Waals surface area contributed by atoms with Crippen LogP contribution < -0.4 is 5.32 Å². The highest BCUT2D eigenvalue weighted by atomic mass is 19.1. The smallest absolute Gasteiger partial charge is 0.256 e. The summed E-state index contributed by atoms with van der Waals surface area (Å²) < 4.78 is 39.2. The third-order valence-electron chi connectivity index (χ3n) is 2.61. The number of anilines is 1. The molecule has 0 heterocycles. The fourth-order valence-corrected chi connectivity index (χ4v) is 1.66. The lowest BCUT2D eigenvalue weighted by atomic mass is 10.1. The van der Waals surface area contributed by atoms with Gasteiger partial charge in [0.15, 0.2) is 0 Å². The lowest BCUT2D eigenvalue weighted by molar-refractivity contribution is 0.102. The number of aryl methyl sites for hydroxylation is 1. The first-order chi connectivity index (χ1) is 8.97. The minimum absolute atomic E-state index is 0.199. The molecule has 0 radical (unpaired) electrons. The zero-order valence-electron chi connectivity index (χ0n) is 10.0. The van der Waals surface area contributed by atoms with Crippen molar-refractivity contribution < 1.29 is 18.0 Å². The maximum atomic E-state index is 13.4. The summed E-state index contributed by atoms with van der Waals surface area (Å²) in [7, 11) is 0. The Morgan fingerprint density at radius 2 is 1.63 bits per heavy atom. The zero-order chi connectivity index (χ0) is 14.0. The summed E-state index contributed by atoms with van der Waals surface area (Å²) in [6, 6.07) is 6.36. The maximum absolute atomic E-state index is 13.4. The Kier molecular flexibility index (Phi) is 3.55. The zero-order valence-corrected chi connectivity index (χ0v) is 10.0. The van der Waals surface area contributed by atoms with Gasteiger partial charge < -0.3 is 5.32 Å². The summed E-state index contributed by atoms with van der Waals surface area (Å²) in [6.07, 6.45) is 0. The Bertz CT molecular complexity index is 641. The first kappa shape index (κ1) is 13.1. The van der Waals surface area contributed by atoms with Gasteiger partial charge in [0.1, 0.15) is 17.5 Å². The summed E-state index contributed by atoms with van der Waals surface area (Å²) in [5.74, 6) is -2.49. The van der Waals surface area contributed by atoms with Crippen molar-refractivity contribution in [3.63, 3.8) is 0 Å². The summed E-state index contributed by atoms with van der Waals surface area (Å²) in [5, 5.41) is 2.25. The fraction of sp³-hybridized carbons (Fsp3) is 0.0714. The molecule has 98 valence electrons. The van der Waals surface area contributed by atoms with Crippen molar-refractivity contribution in [2.45, 2.75) is 6.92 Å². The van der Waals surface area contributed by atoms with E-state index in [1.165, 1.54) is 12.1 Å². The number of rotatable bonds is 2. The molecule has 0 bridgehead atoms. The van der Waals surface area contributed by atoms with Crippen LogP contribution in [0, 0.1) is 24.4 Å². The first-order valence-electron chi connectivity index (χ1n) is 5.50. The molecule has 0 aliphatic rings. The molecule has 0 saturated heterocycles. The van der Waals surface area contributed by atoms with E-state index in [4.69, 9.17) is 0 Å². The van der Waals surface area contributed by atoms with Gasteiger partial charge in [-0.05, 0) is 42.8 Å². The van der Waals surface area contributed by atoms with E-state index in [0.717, 1.165) is 24.3 Å². The quantitative estimate of drug-likeness (QED) is 0.882. The Hall–Kier alpha value is -2.30. The number of nitrogens with one attached hydrogen (secondary N) is 1. The van der Waals surface area contributed by atoms with Gasteiger partial charge in [0.05, 0.1) is 5.69 Å². The van der Waals surface area contributed by atoms with Crippen LogP contribution in [0.15, 0.2) is 36.4 Å². The van der Waals surface area contributed by atoms with Crippen LogP contribution in [0.3, 0.4) is 0 Å². The number of carbonyl (C=O) groups excluding carboxylic acids is 1. The van der Waals surface area contributed by atoms with Crippen LogP contribution >= 0.6 is 0 Å². The summed E-state index contributed by atoms with van der Waals surface area (Å²) in [4.78, 5) is 11.9. The van der Waals surface area contributed by atoms with E-state index >= 15 is 0 Å². The van der Waals surface area contributed by atoms with E-state index in [0.29, 0.717) is 5.56 Å². The number of carbonyl (C=O) groups is 1. The molecule has 1 N–H and O–H groups in total. The summed E-state index contributed by atoms with van der Waals surface area (Å²) in [6.45, 7) is 1.56.